The number of cyclic esters (lactones) is 4. The van der Waals surface area contributed by atoms with Gasteiger partial charge >= 0.3 is 23.9 Å². The lowest BCUT2D eigenvalue weighted by Crippen LogP contribution is -2.37. The predicted octanol–water partition coefficient (Wildman–Crippen LogP) is 2.78. The van der Waals surface area contributed by atoms with E-state index in [1.807, 2.05) is 0 Å². The van der Waals surface area contributed by atoms with Crippen LogP contribution in [-0.4, -0.2) is 23.9 Å². The van der Waals surface area contributed by atoms with E-state index in [0.29, 0.717) is 18.8 Å². The molecule has 0 radical (unpaired) electrons. The van der Waals surface area contributed by atoms with Crippen LogP contribution in [-0.2, 0) is 28.7 Å². The second kappa shape index (κ2) is 7.12. The maximum absolute atomic E-state index is 12.5. The van der Waals surface area contributed by atoms with Crippen LogP contribution in [0.2, 0.25) is 0 Å². The molecule has 0 N–H and O–H groups in total. The quantitative estimate of drug-likeness (QED) is 0.527. The number of hydrogen-bond acceptors (Lipinski definition) is 6. The highest BCUT2D eigenvalue weighted by molar-refractivity contribution is 5.99. The molecule has 5 unspecified atom stereocenters. The average molecular weight is 362 g/mol. The first kappa shape index (κ1) is 17.7. The molecule has 4 aliphatic rings. The zero-order valence-corrected chi connectivity index (χ0v) is 15.0. The first-order chi connectivity index (χ1) is 12.6. The van der Waals surface area contributed by atoms with Gasteiger partial charge in [0.15, 0.2) is 0 Å². The zero-order valence-electron chi connectivity index (χ0n) is 15.0. The maximum atomic E-state index is 12.5. The largest absolute Gasteiger partial charge is 0.393 e. The lowest BCUT2D eigenvalue weighted by atomic mass is 9.65. The summed E-state index contributed by atoms with van der Waals surface area (Å²) < 4.78 is 9.82. The number of carbonyl (C=O) groups is 4. The minimum Gasteiger partial charge on any atom is -0.393 e. The van der Waals surface area contributed by atoms with Crippen molar-refractivity contribution in [2.75, 3.05) is 0 Å². The SMILES string of the molecule is O=C1OC(=O)C2CC3C(=O)OC(=O)C3C(C3CCCCCCC3)CCC12. The second-order valence-electron chi connectivity index (χ2n) is 8.41. The summed E-state index contributed by atoms with van der Waals surface area (Å²) in [5, 5.41) is 0. The number of esters is 4. The van der Waals surface area contributed by atoms with Crippen LogP contribution in [0.4, 0.5) is 0 Å². The van der Waals surface area contributed by atoms with Crippen LogP contribution in [0.1, 0.15) is 64.2 Å². The lowest BCUT2D eigenvalue weighted by Gasteiger charge is -2.36. The highest BCUT2D eigenvalue weighted by Gasteiger charge is 2.56. The van der Waals surface area contributed by atoms with Gasteiger partial charge in [0.2, 0.25) is 0 Å². The molecule has 2 aliphatic heterocycles. The Bertz CT molecular complexity index is 618. The van der Waals surface area contributed by atoms with E-state index in [2.05, 4.69) is 0 Å². The first-order valence-corrected chi connectivity index (χ1v) is 10.1. The normalized spacial score (nSPS) is 39.2. The minimum atomic E-state index is -0.607. The van der Waals surface area contributed by atoms with E-state index in [9.17, 15) is 19.2 Å². The fourth-order valence-corrected chi connectivity index (χ4v) is 5.70. The fraction of sp³-hybridized carbons (Fsp3) is 0.800. The molecular weight excluding hydrogens is 336 g/mol. The van der Waals surface area contributed by atoms with Crippen LogP contribution >= 0.6 is 0 Å². The van der Waals surface area contributed by atoms with Crippen molar-refractivity contribution in [2.24, 2.45) is 35.5 Å². The molecule has 0 aromatic heterocycles. The van der Waals surface area contributed by atoms with Gasteiger partial charge in [-0.25, -0.2) is 0 Å². The van der Waals surface area contributed by atoms with Crippen LogP contribution in [0.5, 0.6) is 0 Å². The lowest BCUT2D eigenvalue weighted by molar-refractivity contribution is -0.155. The molecule has 2 heterocycles. The van der Waals surface area contributed by atoms with Gasteiger partial charge in [-0.1, -0.05) is 44.9 Å². The Kier molecular flexibility index (Phi) is 4.84. The van der Waals surface area contributed by atoms with Gasteiger partial charge in [-0.15, -0.1) is 0 Å². The molecule has 4 fully saturated rings. The van der Waals surface area contributed by atoms with Gasteiger partial charge in [0.25, 0.3) is 0 Å². The molecule has 4 rings (SSSR count). The Balaban J connectivity index is 1.63. The predicted molar refractivity (Wildman–Crippen MR) is 89.3 cm³/mol. The summed E-state index contributed by atoms with van der Waals surface area (Å²) in [5.41, 5.74) is 0. The highest BCUT2D eigenvalue weighted by atomic mass is 16.6. The summed E-state index contributed by atoms with van der Waals surface area (Å²) in [6.07, 6.45) is 9.55. The number of carbonyl (C=O) groups excluding carboxylic acids is 4. The van der Waals surface area contributed by atoms with E-state index in [0.717, 1.165) is 25.7 Å². The first-order valence-electron chi connectivity index (χ1n) is 10.1. The molecule has 0 aromatic carbocycles. The van der Waals surface area contributed by atoms with Crippen molar-refractivity contribution in [1.29, 1.82) is 0 Å². The van der Waals surface area contributed by atoms with Crippen molar-refractivity contribution in [2.45, 2.75) is 64.2 Å². The molecule has 26 heavy (non-hydrogen) atoms. The van der Waals surface area contributed by atoms with Gasteiger partial charge in [-0.2, -0.15) is 0 Å². The third-order valence-electron chi connectivity index (χ3n) is 7.04. The van der Waals surface area contributed by atoms with Crippen LogP contribution in [0.15, 0.2) is 0 Å². The Morgan fingerprint density at radius 2 is 1.15 bits per heavy atom. The van der Waals surface area contributed by atoms with Gasteiger partial charge in [-0.3, -0.25) is 19.2 Å². The number of rotatable bonds is 1. The van der Waals surface area contributed by atoms with Gasteiger partial charge in [0.05, 0.1) is 23.7 Å². The third kappa shape index (κ3) is 3.08. The van der Waals surface area contributed by atoms with Crippen molar-refractivity contribution in [3.8, 4) is 0 Å². The van der Waals surface area contributed by atoms with Crippen LogP contribution in [0, 0.1) is 35.5 Å². The van der Waals surface area contributed by atoms with Crippen molar-refractivity contribution in [3.05, 3.63) is 0 Å². The van der Waals surface area contributed by atoms with Crippen molar-refractivity contribution < 1.29 is 28.7 Å². The zero-order chi connectivity index (χ0) is 18.3. The fourth-order valence-electron chi connectivity index (χ4n) is 5.70. The van der Waals surface area contributed by atoms with Crippen LogP contribution in [0.25, 0.3) is 0 Å². The Morgan fingerprint density at radius 1 is 0.577 bits per heavy atom. The van der Waals surface area contributed by atoms with Crippen LogP contribution < -0.4 is 0 Å². The van der Waals surface area contributed by atoms with Gasteiger partial charge in [-0.05, 0) is 31.1 Å². The summed E-state index contributed by atoms with van der Waals surface area (Å²) in [5.74, 6) is -3.67. The van der Waals surface area contributed by atoms with E-state index >= 15 is 0 Å². The molecule has 6 heteroatoms. The summed E-state index contributed by atoms with van der Waals surface area (Å²) in [6, 6.07) is 0. The Labute approximate surface area is 153 Å². The van der Waals surface area contributed by atoms with E-state index in [-0.39, 0.29) is 12.3 Å². The molecule has 2 aliphatic carbocycles. The topological polar surface area (TPSA) is 86.7 Å². The van der Waals surface area contributed by atoms with Crippen molar-refractivity contribution >= 4 is 23.9 Å². The number of hydrogen-bond donors (Lipinski definition) is 0. The monoisotopic (exact) mass is 362 g/mol. The molecule has 0 amide bonds. The minimum absolute atomic E-state index is 0.0569. The second-order valence-corrected chi connectivity index (χ2v) is 8.41. The maximum Gasteiger partial charge on any atom is 0.317 e. The molecule has 6 nitrogen and oxygen atoms in total. The average Bonchev–Trinajstić information content (AvgIpc) is 2.95. The summed E-state index contributed by atoms with van der Waals surface area (Å²) in [4.78, 5) is 49.0. The van der Waals surface area contributed by atoms with E-state index in [4.69, 9.17) is 9.47 Å². The van der Waals surface area contributed by atoms with E-state index in [1.165, 1.54) is 19.3 Å². The smallest absolute Gasteiger partial charge is 0.317 e. The molecule has 2 saturated carbocycles. The van der Waals surface area contributed by atoms with Gasteiger partial charge < -0.3 is 9.47 Å². The summed E-state index contributed by atoms with van der Waals surface area (Å²) in [6.45, 7) is 0. The molecule has 0 aromatic rings. The molecule has 142 valence electrons. The molecule has 2 saturated heterocycles. The molecule has 0 spiro atoms. The molecule has 0 bridgehead atoms. The number of fused-ring (bicyclic) bond motifs is 2. The van der Waals surface area contributed by atoms with Gasteiger partial charge in [0, 0.05) is 0 Å². The van der Waals surface area contributed by atoms with E-state index in [1.54, 1.807) is 0 Å². The summed E-state index contributed by atoms with van der Waals surface area (Å²) >= 11 is 0. The highest BCUT2D eigenvalue weighted by Crippen LogP contribution is 2.48. The van der Waals surface area contributed by atoms with Crippen molar-refractivity contribution in [3.63, 3.8) is 0 Å². The standard InChI is InChI=1S/C20H26O6/c21-17-13-9-8-12(11-6-4-2-1-3-5-7-11)16-15(19(23)26-20(16)24)10-14(13)18(22)25-17/h11-16H,1-10H2. The third-order valence-corrected chi connectivity index (χ3v) is 7.04. The van der Waals surface area contributed by atoms with Crippen LogP contribution in [0.3, 0.4) is 0 Å². The Morgan fingerprint density at radius 3 is 1.88 bits per heavy atom. The Hall–Kier alpha value is -1.72. The van der Waals surface area contributed by atoms with Gasteiger partial charge in [0.1, 0.15) is 0 Å². The molecular formula is C20H26O6. The van der Waals surface area contributed by atoms with Crippen molar-refractivity contribution in [1.82, 2.24) is 0 Å². The number of ether oxygens (including phenoxy) is 2. The van der Waals surface area contributed by atoms with E-state index < -0.39 is 47.5 Å². The summed E-state index contributed by atoms with van der Waals surface area (Å²) in [7, 11) is 0. The molecule has 5 atom stereocenters.